The van der Waals surface area contributed by atoms with Gasteiger partial charge in [-0.1, -0.05) is 12.1 Å². The quantitative estimate of drug-likeness (QED) is 0.833. The SMILES string of the molecule is CC(O)c1cccc(F)c1N1CCCC1C. The first kappa shape index (κ1) is 11.4. The molecule has 2 rings (SSSR count). The fourth-order valence-electron chi connectivity index (χ4n) is 2.44. The van der Waals surface area contributed by atoms with Crippen LogP contribution in [0.3, 0.4) is 0 Å². The second-order valence-electron chi connectivity index (χ2n) is 4.54. The Morgan fingerprint density at radius 3 is 2.81 bits per heavy atom. The van der Waals surface area contributed by atoms with Crippen molar-refractivity contribution in [3.63, 3.8) is 0 Å². The first-order valence-electron chi connectivity index (χ1n) is 5.84. The lowest BCUT2D eigenvalue weighted by molar-refractivity contribution is 0.199. The molecule has 16 heavy (non-hydrogen) atoms. The van der Waals surface area contributed by atoms with Gasteiger partial charge >= 0.3 is 0 Å². The summed E-state index contributed by atoms with van der Waals surface area (Å²) in [5.41, 5.74) is 1.27. The van der Waals surface area contributed by atoms with Crippen molar-refractivity contribution in [2.24, 2.45) is 0 Å². The molecule has 1 saturated heterocycles. The Hall–Kier alpha value is -1.09. The smallest absolute Gasteiger partial charge is 0.146 e. The number of para-hydroxylation sites is 1. The summed E-state index contributed by atoms with van der Waals surface area (Å²) in [4.78, 5) is 2.07. The van der Waals surface area contributed by atoms with Gasteiger partial charge in [0.2, 0.25) is 0 Å². The third-order valence-corrected chi connectivity index (χ3v) is 3.31. The highest BCUT2D eigenvalue weighted by atomic mass is 19.1. The van der Waals surface area contributed by atoms with Crippen molar-refractivity contribution in [2.75, 3.05) is 11.4 Å². The zero-order chi connectivity index (χ0) is 11.7. The molecule has 1 N–H and O–H groups in total. The molecule has 0 aliphatic carbocycles. The molecule has 1 aliphatic heterocycles. The number of halogens is 1. The summed E-state index contributed by atoms with van der Waals surface area (Å²) in [5.74, 6) is -0.229. The van der Waals surface area contributed by atoms with Gasteiger partial charge in [0.15, 0.2) is 0 Å². The normalized spacial score (nSPS) is 22.5. The molecule has 0 bridgehead atoms. The zero-order valence-corrected chi connectivity index (χ0v) is 9.78. The van der Waals surface area contributed by atoms with E-state index in [0.717, 1.165) is 19.4 Å². The van der Waals surface area contributed by atoms with E-state index in [0.29, 0.717) is 17.3 Å². The maximum absolute atomic E-state index is 13.9. The molecular weight excluding hydrogens is 205 g/mol. The molecule has 88 valence electrons. The van der Waals surface area contributed by atoms with E-state index in [-0.39, 0.29) is 5.82 Å². The van der Waals surface area contributed by atoms with Gasteiger partial charge in [0.05, 0.1) is 11.8 Å². The van der Waals surface area contributed by atoms with Crippen LogP contribution in [0.25, 0.3) is 0 Å². The number of hydrogen-bond acceptors (Lipinski definition) is 2. The summed E-state index contributed by atoms with van der Waals surface area (Å²) in [6.07, 6.45) is 1.56. The maximum atomic E-state index is 13.9. The Balaban J connectivity index is 2.45. The second kappa shape index (κ2) is 4.42. The Bertz CT molecular complexity index is 378. The highest BCUT2D eigenvalue weighted by molar-refractivity contribution is 5.57. The first-order chi connectivity index (χ1) is 7.61. The molecule has 2 atom stereocenters. The van der Waals surface area contributed by atoms with Gasteiger partial charge in [-0.15, -0.1) is 0 Å². The van der Waals surface area contributed by atoms with Gasteiger partial charge in [0.1, 0.15) is 5.82 Å². The number of hydrogen-bond donors (Lipinski definition) is 1. The minimum Gasteiger partial charge on any atom is -0.389 e. The lowest BCUT2D eigenvalue weighted by Gasteiger charge is -2.27. The number of anilines is 1. The molecule has 1 aromatic carbocycles. The van der Waals surface area contributed by atoms with Crippen molar-refractivity contribution in [1.82, 2.24) is 0 Å². The van der Waals surface area contributed by atoms with Crippen LogP contribution in [0.2, 0.25) is 0 Å². The van der Waals surface area contributed by atoms with Crippen molar-refractivity contribution in [1.29, 1.82) is 0 Å². The molecule has 0 amide bonds. The van der Waals surface area contributed by atoms with Crippen molar-refractivity contribution in [2.45, 2.75) is 38.8 Å². The molecule has 0 spiro atoms. The van der Waals surface area contributed by atoms with Crippen LogP contribution in [0.4, 0.5) is 10.1 Å². The Kier molecular flexibility index (Phi) is 3.15. The average Bonchev–Trinajstić information content (AvgIpc) is 2.64. The summed E-state index contributed by atoms with van der Waals surface area (Å²) in [6, 6.07) is 5.27. The van der Waals surface area contributed by atoms with Crippen molar-refractivity contribution >= 4 is 5.69 Å². The predicted octanol–water partition coefficient (Wildman–Crippen LogP) is 2.87. The average molecular weight is 223 g/mol. The third-order valence-electron chi connectivity index (χ3n) is 3.31. The van der Waals surface area contributed by atoms with E-state index < -0.39 is 6.10 Å². The number of aliphatic hydroxyl groups excluding tert-OH is 1. The first-order valence-corrected chi connectivity index (χ1v) is 5.84. The molecule has 1 fully saturated rings. The van der Waals surface area contributed by atoms with Crippen molar-refractivity contribution < 1.29 is 9.50 Å². The van der Waals surface area contributed by atoms with Crippen LogP contribution in [0.5, 0.6) is 0 Å². The second-order valence-corrected chi connectivity index (χ2v) is 4.54. The summed E-state index contributed by atoms with van der Waals surface area (Å²) in [6.45, 7) is 4.66. The Labute approximate surface area is 95.7 Å². The van der Waals surface area contributed by atoms with Crippen LogP contribution in [-0.4, -0.2) is 17.7 Å². The molecule has 0 aromatic heterocycles. The molecule has 0 saturated carbocycles. The number of nitrogens with zero attached hydrogens (tertiary/aromatic N) is 1. The minimum atomic E-state index is -0.626. The van der Waals surface area contributed by atoms with Gasteiger partial charge in [0.25, 0.3) is 0 Å². The van der Waals surface area contributed by atoms with Crippen LogP contribution < -0.4 is 4.90 Å². The monoisotopic (exact) mass is 223 g/mol. The molecule has 1 heterocycles. The van der Waals surface area contributed by atoms with E-state index in [1.165, 1.54) is 6.07 Å². The molecule has 2 unspecified atom stereocenters. The fraction of sp³-hybridized carbons (Fsp3) is 0.538. The molecular formula is C13H18FNO. The molecule has 1 aliphatic rings. The van der Waals surface area contributed by atoms with Crippen molar-refractivity contribution in [3.05, 3.63) is 29.6 Å². The van der Waals surface area contributed by atoms with E-state index in [1.54, 1.807) is 19.1 Å². The van der Waals surface area contributed by atoms with E-state index in [2.05, 4.69) is 11.8 Å². The summed E-state index contributed by atoms with van der Waals surface area (Å²) >= 11 is 0. The Morgan fingerprint density at radius 1 is 1.50 bits per heavy atom. The number of rotatable bonds is 2. The molecule has 1 aromatic rings. The van der Waals surface area contributed by atoms with Gasteiger partial charge in [-0.25, -0.2) is 4.39 Å². The Morgan fingerprint density at radius 2 is 2.25 bits per heavy atom. The van der Waals surface area contributed by atoms with Crippen LogP contribution >= 0.6 is 0 Å². The fourth-order valence-corrected chi connectivity index (χ4v) is 2.44. The highest BCUT2D eigenvalue weighted by Crippen LogP contribution is 2.34. The largest absolute Gasteiger partial charge is 0.389 e. The zero-order valence-electron chi connectivity index (χ0n) is 9.78. The standard InChI is InChI=1S/C13H18FNO/c1-9-5-4-8-15(9)13-11(10(2)16)6-3-7-12(13)14/h3,6-7,9-10,16H,4-5,8H2,1-2H3. The third kappa shape index (κ3) is 1.92. The van der Waals surface area contributed by atoms with E-state index in [4.69, 9.17) is 0 Å². The highest BCUT2D eigenvalue weighted by Gasteiger charge is 2.26. The predicted molar refractivity (Wildman–Crippen MR) is 63.1 cm³/mol. The van der Waals surface area contributed by atoms with Gasteiger partial charge < -0.3 is 10.0 Å². The van der Waals surface area contributed by atoms with Crippen LogP contribution in [0.15, 0.2) is 18.2 Å². The molecule has 2 nitrogen and oxygen atoms in total. The summed E-state index contributed by atoms with van der Waals surface area (Å²) in [7, 11) is 0. The number of benzene rings is 1. The number of aliphatic hydroxyl groups is 1. The topological polar surface area (TPSA) is 23.5 Å². The van der Waals surface area contributed by atoms with E-state index in [1.807, 2.05) is 0 Å². The summed E-state index contributed by atoms with van der Waals surface area (Å²) < 4.78 is 13.9. The van der Waals surface area contributed by atoms with Crippen LogP contribution in [0.1, 0.15) is 38.4 Å². The van der Waals surface area contributed by atoms with Gasteiger partial charge in [0, 0.05) is 18.2 Å². The minimum absolute atomic E-state index is 0.229. The maximum Gasteiger partial charge on any atom is 0.146 e. The molecule has 0 radical (unpaired) electrons. The van der Waals surface area contributed by atoms with Gasteiger partial charge in [-0.05, 0) is 32.8 Å². The van der Waals surface area contributed by atoms with Crippen molar-refractivity contribution in [3.8, 4) is 0 Å². The lowest BCUT2D eigenvalue weighted by atomic mass is 10.1. The van der Waals surface area contributed by atoms with Gasteiger partial charge in [-0.2, -0.15) is 0 Å². The molecule has 3 heteroatoms. The lowest BCUT2D eigenvalue weighted by Crippen LogP contribution is -2.28. The van der Waals surface area contributed by atoms with E-state index >= 15 is 0 Å². The van der Waals surface area contributed by atoms with Gasteiger partial charge in [-0.3, -0.25) is 0 Å². The van der Waals surface area contributed by atoms with Crippen LogP contribution in [0, 0.1) is 5.82 Å². The van der Waals surface area contributed by atoms with Crippen LogP contribution in [-0.2, 0) is 0 Å². The van der Waals surface area contributed by atoms with E-state index in [9.17, 15) is 9.50 Å². The summed E-state index contributed by atoms with van der Waals surface area (Å²) in [5, 5.41) is 9.68.